The van der Waals surface area contributed by atoms with Gasteiger partial charge in [-0.1, -0.05) is 39.5 Å². The van der Waals surface area contributed by atoms with Gasteiger partial charge in [0.2, 0.25) is 0 Å². The van der Waals surface area contributed by atoms with Gasteiger partial charge in [0, 0.05) is 25.2 Å². The first-order valence-corrected chi connectivity index (χ1v) is 9.66. The van der Waals surface area contributed by atoms with E-state index in [1.165, 1.54) is 83.8 Å². The largest absolute Gasteiger partial charge is 0.314 e. The number of rotatable bonds is 5. The standard InChI is InChI=1S/C19H36N2/c1-16(2)20-14-19(11-5-6-12-19)15-21-13-7-9-17-8-3-4-10-18(17)21/h16-18,20H,3-15H2,1-2H3. The quantitative estimate of drug-likeness (QED) is 0.817. The van der Waals surface area contributed by atoms with Crippen molar-refractivity contribution in [1.82, 2.24) is 10.2 Å². The molecule has 2 heteroatoms. The lowest BCUT2D eigenvalue weighted by Gasteiger charge is -2.47. The molecule has 2 saturated carbocycles. The Hall–Kier alpha value is -0.0800. The highest BCUT2D eigenvalue weighted by molar-refractivity contribution is 4.94. The van der Waals surface area contributed by atoms with Crippen molar-refractivity contribution in [2.75, 3.05) is 19.6 Å². The first kappa shape index (κ1) is 15.8. The van der Waals surface area contributed by atoms with E-state index in [-0.39, 0.29) is 0 Å². The highest BCUT2D eigenvalue weighted by Crippen LogP contribution is 2.42. The highest BCUT2D eigenvalue weighted by atomic mass is 15.2. The van der Waals surface area contributed by atoms with E-state index < -0.39 is 0 Å². The first-order valence-electron chi connectivity index (χ1n) is 9.66. The summed E-state index contributed by atoms with van der Waals surface area (Å²) in [6, 6.07) is 1.57. The molecule has 3 fully saturated rings. The van der Waals surface area contributed by atoms with Gasteiger partial charge >= 0.3 is 0 Å². The molecular formula is C19H36N2. The molecule has 1 N–H and O–H groups in total. The van der Waals surface area contributed by atoms with Crippen molar-refractivity contribution < 1.29 is 0 Å². The highest BCUT2D eigenvalue weighted by Gasteiger charge is 2.40. The lowest BCUT2D eigenvalue weighted by molar-refractivity contribution is 0.0239. The van der Waals surface area contributed by atoms with Crippen LogP contribution in [0.5, 0.6) is 0 Å². The van der Waals surface area contributed by atoms with E-state index >= 15 is 0 Å². The Morgan fingerprint density at radius 1 is 1.00 bits per heavy atom. The lowest BCUT2D eigenvalue weighted by atomic mass is 9.76. The molecule has 0 aromatic rings. The summed E-state index contributed by atoms with van der Waals surface area (Å²) < 4.78 is 0. The molecule has 0 aromatic heterocycles. The predicted octanol–water partition coefficient (Wildman–Crippen LogP) is 4.20. The van der Waals surface area contributed by atoms with Gasteiger partial charge in [-0.25, -0.2) is 0 Å². The molecule has 2 atom stereocenters. The Morgan fingerprint density at radius 2 is 1.71 bits per heavy atom. The van der Waals surface area contributed by atoms with Gasteiger partial charge in [-0.3, -0.25) is 4.90 Å². The number of hydrogen-bond donors (Lipinski definition) is 1. The third-order valence-corrected chi connectivity index (χ3v) is 6.45. The monoisotopic (exact) mass is 292 g/mol. The molecule has 2 unspecified atom stereocenters. The minimum absolute atomic E-state index is 0.587. The van der Waals surface area contributed by atoms with Crippen LogP contribution in [0.4, 0.5) is 0 Å². The van der Waals surface area contributed by atoms with Crippen LogP contribution in [0.15, 0.2) is 0 Å². The van der Waals surface area contributed by atoms with Crippen LogP contribution >= 0.6 is 0 Å². The van der Waals surface area contributed by atoms with Gasteiger partial charge in [0.15, 0.2) is 0 Å². The van der Waals surface area contributed by atoms with Crippen molar-refractivity contribution in [2.45, 2.75) is 90.1 Å². The normalized spacial score (nSPS) is 33.3. The van der Waals surface area contributed by atoms with Crippen molar-refractivity contribution >= 4 is 0 Å². The zero-order valence-corrected chi connectivity index (χ0v) is 14.4. The molecule has 0 spiro atoms. The lowest BCUT2D eigenvalue weighted by Crippen LogP contribution is -2.52. The van der Waals surface area contributed by atoms with Crippen molar-refractivity contribution in [3.05, 3.63) is 0 Å². The summed E-state index contributed by atoms with van der Waals surface area (Å²) in [5.74, 6) is 1.03. The van der Waals surface area contributed by atoms with Crippen molar-refractivity contribution in [3.63, 3.8) is 0 Å². The van der Waals surface area contributed by atoms with Crippen LogP contribution < -0.4 is 5.32 Å². The minimum Gasteiger partial charge on any atom is -0.314 e. The summed E-state index contributed by atoms with van der Waals surface area (Å²) in [7, 11) is 0. The maximum atomic E-state index is 3.76. The Balaban J connectivity index is 1.64. The number of piperidine rings is 1. The van der Waals surface area contributed by atoms with Crippen LogP contribution in [0, 0.1) is 11.3 Å². The zero-order chi connectivity index (χ0) is 14.7. The minimum atomic E-state index is 0.587. The molecule has 122 valence electrons. The summed E-state index contributed by atoms with van der Waals surface area (Å²) in [5, 5.41) is 3.76. The molecule has 0 bridgehead atoms. The molecule has 0 amide bonds. The smallest absolute Gasteiger partial charge is 0.0124 e. The van der Waals surface area contributed by atoms with Crippen molar-refractivity contribution in [3.8, 4) is 0 Å². The number of nitrogens with one attached hydrogen (secondary N) is 1. The Labute approximate surface area is 132 Å². The van der Waals surface area contributed by atoms with Crippen LogP contribution in [-0.2, 0) is 0 Å². The molecule has 0 aromatic carbocycles. The average Bonchev–Trinajstić information content (AvgIpc) is 2.95. The van der Waals surface area contributed by atoms with E-state index in [0.717, 1.165) is 12.0 Å². The molecule has 2 nitrogen and oxygen atoms in total. The molecular weight excluding hydrogens is 256 g/mol. The zero-order valence-electron chi connectivity index (χ0n) is 14.4. The fourth-order valence-corrected chi connectivity index (χ4v) is 5.29. The summed E-state index contributed by atoms with van der Waals surface area (Å²) >= 11 is 0. The molecule has 2 aliphatic carbocycles. The van der Waals surface area contributed by atoms with Crippen LogP contribution in [0.25, 0.3) is 0 Å². The fourth-order valence-electron chi connectivity index (χ4n) is 5.29. The third kappa shape index (κ3) is 3.82. The van der Waals surface area contributed by atoms with Crippen LogP contribution in [0.3, 0.4) is 0 Å². The first-order chi connectivity index (χ1) is 10.2. The molecule has 1 aliphatic heterocycles. The van der Waals surface area contributed by atoms with Gasteiger partial charge in [-0.15, -0.1) is 0 Å². The second-order valence-corrected chi connectivity index (χ2v) is 8.47. The number of nitrogens with zero attached hydrogens (tertiary/aromatic N) is 1. The number of fused-ring (bicyclic) bond motifs is 1. The molecule has 0 radical (unpaired) electrons. The van der Waals surface area contributed by atoms with Gasteiger partial charge in [0.25, 0.3) is 0 Å². The third-order valence-electron chi connectivity index (χ3n) is 6.45. The van der Waals surface area contributed by atoms with E-state index in [1.807, 2.05) is 0 Å². The Bertz CT molecular complexity index is 318. The maximum absolute atomic E-state index is 3.76. The molecule has 3 aliphatic rings. The summed E-state index contributed by atoms with van der Waals surface area (Å²) in [6.45, 7) is 8.60. The van der Waals surface area contributed by atoms with Crippen molar-refractivity contribution in [2.24, 2.45) is 11.3 Å². The molecule has 1 saturated heterocycles. The Kier molecular flexibility index (Phi) is 5.27. The second-order valence-electron chi connectivity index (χ2n) is 8.47. The topological polar surface area (TPSA) is 15.3 Å². The number of likely N-dealkylation sites (tertiary alicyclic amines) is 1. The van der Waals surface area contributed by atoms with Crippen LogP contribution in [0.1, 0.15) is 78.1 Å². The predicted molar refractivity (Wildman–Crippen MR) is 90.6 cm³/mol. The number of hydrogen-bond acceptors (Lipinski definition) is 2. The van der Waals surface area contributed by atoms with E-state index in [2.05, 4.69) is 24.1 Å². The van der Waals surface area contributed by atoms with E-state index in [0.29, 0.717) is 11.5 Å². The molecule has 1 heterocycles. The fraction of sp³-hybridized carbons (Fsp3) is 1.00. The van der Waals surface area contributed by atoms with Gasteiger partial charge in [0.05, 0.1) is 0 Å². The summed E-state index contributed by atoms with van der Waals surface area (Å²) in [4.78, 5) is 2.93. The summed E-state index contributed by atoms with van der Waals surface area (Å²) in [6.07, 6.45) is 14.8. The van der Waals surface area contributed by atoms with E-state index in [4.69, 9.17) is 0 Å². The van der Waals surface area contributed by atoms with Crippen LogP contribution in [0.2, 0.25) is 0 Å². The van der Waals surface area contributed by atoms with Gasteiger partial charge in [-0.05, 0) is 56.4 Å². The Morgan fingerprint density at radius 3 is 2.48 bits per heavy atom. The SMILES string of the molecule is CC(C)NCC1(CN2CCCC3CCCCC32)CCCC1. The van der Waals surface area contributed by atoms with Gasteiger partial charge in [0.1, 0.15) is 0 Å². The molecule has 21 heavy (non-hydrogen) atoms. The van der Waals surface area contributed by atoms with Gasteiger partial charge < -0.3 is 5.32 Å². The average molecular weight is 293 g/mol. The molecule has 3 rings (SSSR count). The van der Waals surface area contributed by atoms with Gasteiger partial charge in [-0.2, -0.15) is 0 Å². The second kappa shape index (κ2) is 7.00. The van der Waals surface area contributed by atoms with E-state index in [1.54, 1.807) is 0 Å². The van der Waals surface area contributed by atoms with Crippen LogP contribution in [-0.4, -0.2) is 36.6 Å². The van der Waals surface area contributed by atoms with E-state index in [9.17, 15) is 0 Å². The van der Waals surface area contributed by atoms with Crippen molar-refractivity contribution in [1.29, 1.82) is 0 Å². The summed E-state index contributed by atoms with van der Waals surface area (Å²) in [5.41, 5.74) is 0.587. The maximum Gasteiger partial charge on any atom is 0.0124 e.